The van der Waals surface area contributed by atoms with E-state index in [1.54, 1.807) is 0 Å². The zero-order valence-corrected chi connectivity index (χ0v) is 11.6. The molecule has 3 nitrogen and oxygen atoms in total. The SMILES string of the molecule is O=C(Cc1ccccc1)Nc1nc2c(F)cc(F)cc2s1. The minimum atomic E-state index is -0.732. The normalized spacial score (nSPS) is 10.8. The largest absolute Gasteiger partial charge is 0.302 e. The van der Waals surface area contributed by atoms with Crippen molar-refractivity contribution < 1.29 is 13.6 Å². The summed E-state index contributed by atoms with van der Waals surface area (Å²) in [6.45, 7) is 0. The molecule has 106 valence electrons. The van der Waals surface area contributed by atoms with Crippen LogP contribution < -0.4 is 5.32 Å². The summed E-state index contributed by atoms with van der Waals surface area (Å²) in [5, 5.41) is 2.87. The van der Waals surface area contributed by atoms with Gasteiger partial charge in [0.25, 0.3) is 0 Å². The number of thiazole rings is 1. The Kier molecular flexibility index (Phi) is 3.62. The van der Waals surface area contributed by atoms with E-state index in [4.69, 9.17) is 0 Å². The topological polar surface area (TPSA) is 42.0 Å². The van der Waals surface area contributed by atoms with E-state index in [0.717, 1.165) is 23.0 Å². The second-order valence-electron chi connectivity index (χ2n) is 4.46. The third-order valence-electron chi connectivity index (χ3n) is 2.87. The van der Waals surface area contributed by atoms with E-state index in [0.29, 0.717) is 4.70 Å². The number of aromatic nitrogens is 1. The Morgan fingerprint density at radius 3 is 2.71 bits per heavy atom. The maximum atomic E-state index is 13.5. The predicted molar refractivity (Wildman–Crippen MR) is 78.3 cm³/mol. The van der Waals surface area contributed by atoms with Crippen LogP contribution in [0.2, 0.25) is 0 Å². The maximum Gasteiger partial charge on any atom is 0.230 e. The molecule has 1 aromatic heterocycles. The minimum Gasteiger partial charge on any atom is -0.302 e. The standard InChI is InChI=1S/C15H10F2N2OS/c16-10-7-11(17)14-12(8-10)21-15(19-14)18-13(20)6-9-4-2-1-3-5-9/h1-5,7-8H,6H2,(H,18,19,20). The summed E-state index contributed by atoms with van der Waals surface area (Å²) < 4.78 is 27.0. The number of benzene rings is 2. The van der Waals surface area contributed by atoms with Crippen molar-refractivity contribution in [2.24, 2.45) is 0 Å². The number of hydrogen-bond donors (Lipinski definition) is 1. The maximum absolute atomic E-state index is 13.5. The highest BCUT2D eigenvalue weighted by Gasteiger charge is 2.12. The van der Waals surface area contributed by atoms with E-state index in [1.165, 1.54) is 6.07 Å². The van der Waals surface area contributed by atoms with Crippen LogP contribution in [-0.2, 0) is 11.2 Å². The molecule has 3 aromatic rings. The van der Waals surface area contributed by atoms with Crippen LogP contribution in [0.15, 0.2) is 42.5 Å². The van der Waals surface area contributed by atoms with E-state index in [-0.39, 0.29) is 23.0 Å². The minimum absolute atomic E-state index is 0.0661. The van der Waals surface area contributed by atoms with E-state index < -0.39 is 11.6 Å². The zero-order chi connectivity index (χ0) is 14.8. The fraction of sp³-hybridized carbons (Fsp3) is 0.0667. The molecular weight excluding hydrogens is 294 g/mol. The van der Waals surface area contributed by atoms with Crippen LogP contribution in [0.4, 0.5) is 13.9 Å². The van der Waals surface area contributed by atoms with Crippen LogP contribution >= 0.6 is 11.3 Å². The van der Waals surface area contributed by atoms with Crippen molar-refractivity contribution >= 4 is 32.6 Å². The summed E-state index contributed by atoms with van der Waals surface area (Å²) in [6, 6.07) is 11.2. The van der Waals surface area contributed by atoms with Gasteiger partial charge in [0.1, 0.15) is 11.3 Å². The second kappa shape index (κ2) is 5.57. The van der Waals surface area contributed by atoms with Gasteiger partial charge in [0.2, 0.25) is 5.91 Å². The molecule has 0 saturated heterocycles. The van der Waals surface area contributed by atoms with Gasteiger partial charge in [-0.25, -0.2) is 13.8 Å². The Labute approximate surface area is 123 Å². The van der Waals surface area contributed by atoms with Crippen molar-refractivity contribution in [3.63, 3.8) is 0 Å². The molecular formula is C15H10F2N2OS. The molecule has 0 aliphatic rings. The number of nitrogens with one attached hydrogen (secondary N) is 1. The number of nitrogens with zero attached hydrogens (tertiary/aromatic N) is 1. The van der Waals surface area contributed by atoms with Gasteiger partial charge in [0.15, 0.2) is 10.9 Å². The van der Waals surface area contributed by atoms with E-state index in [2.05, 4.69) is 10.3 Å². The summed E-state index contributed by atoms with van der Waals surface area (Å²) in [7, 11) is 0. The molecule has 1 N–H and O–H groups in total. The van der Waals surface area contributed by atoms with Crippen molar-refractivity contribution in [1.29, 1.82) is 0 Å². The summed E-state index contributed by atoms with van der Waals surface area (Å²) in [5.74, 6) is -1.64. The van der Waals surface area contributed by atoms with Gasteiger partial charge in [-0.15, -0.1) is 0 Å². The molecule has 1 amide bonds. The predicted octanol–water partition coefficient (Wildman–Crippen LogP) is 3.76. The monoisotopic (exact) mass is 304 g/mol. The van der Waals surface area contributed by atoms with Crippen LogP contribution in [0.1, 0.15) is 5.56 Å². The molecule has 0 aliphatic heterocycles. The van der Waals surface area contributed by atoms with Gasteiger partial charge in [0.05, 0.1) is 11.1 Å². The van der Waals surface area contributed by atoms with Crippen LogP contribution in [0.3, 0.4) is 0 Å². The van der Waals surface area contributed by atoms with Crippen LogP contribution in [0.25, 0.3) is 10.2 Å². The number of fused-ring (bicyclic) bond motifs is 1. The molecule has 0 fully saturated rings. The molecule has 0 saturated carbocycles. The molecule has 1 heterocycles. The summed E-state index contributed by atoms with van der Waals surface area (Å²) in [6.07, 6.45) is 0.202. The van der Waals surface area contributed by atoms with E-state index in [1.807, 2.05) is 30.3 Å². The number of anilines is 1. The lowest BCUT2D eigenvalue weighted by Gasteiger charge is -2.01. The lowest BCUT2D eigenvalue weighted by atomic mass is 10.1. The molecule has 0 unspecified atom stereocenters. The van der Waals surface area contributed by atoms with Gasteiger partial charge in [-0.05, 0) is 11.6 Å². The number of rotatable bonds is 3. The van der Waals surface area contributed by atoms with Gasteiger partial charge in [-0.1, -0.05) is 41.7 Å². The number of halogens is 2. The molecule has 0 atom stereocenters. The first-order valence-corrected chi connectivity index (χ1v) is 7.03. The first-order valence-electron chi connectivity index (χ1n) is 6.21. The highest BCUT2D eigenvalue weighted by Crippen LogP contribution is 2.28. The molecule has 0 bridgehead atoms. The van der Waals surface area contributed by atoms with Gasteiger partial charge < -0.3 is 5.32 Å². The fourth-order valence-electron chi connectivity index (χ4n) is 1.96. The molecule has 0 aliphatic carbocycles. The van der Waals surface area contributed by atoms with Gasteiger partial charge in [-0.3, -0.25) is 4.79 Å². The second-order valence-corrected chi connectivity index (χ2v) is 5.49. The zero-order valence-electron chi connectivity index (χ0n) is 10.8. The Balaban J connectivity index is 1.79. The van der Waals surface area contributed by atoms with Crippen LogP contribution in [0.5, 0.6) is 0 Å². The summed E-state index contributed by atoms with van der Waals surface area (Å²) >= 11 is 1.04. The molecule has 6 heteroatoms. The number of hydrogen-bond acceptors (Lipinski definition) is 3. The Morgan fingerprint density at radius 1 is 1.19 bits per heavy atom. The Hall–Kier alpha value is -2.34. The number of carbonyl (C=O) groups excluding carboxylic acids is 1. The van der Waals surface area contributed by atoms with E-state index in [9.17, 15) is 13.6 Å². The van der Waals surface area contributed by atoms with Gasteiger partial charge >= 0.3 is 0 Å². The fourth-order valence-corrected chi connectivity index (χ4v) is 2.88. The Morgan fingerprint density at radius 2 is 1.95 bits per heavy atom. The lowest BCUT2D eigenvalue weighted by Crippen LogP contribution is -2.14. The lowest BCUT2D eigenvalue weighted by molar-refractivity contribution is -0.115. The van der Waals surface area contributed by atoms with E-state index >= 15 is 0 Å². The van der Waals surface area contributed by atoms with Crippen molar-refractivity contribution in [3.8, 4) is 0 Å². The molecule has 0 spiro atoms. The molecule has 21 heavy (non-hydrogen) atoms. The first kappa shape index (κ1) is 13.6. The van der Waals surface area contributed by atoms with Crippen molar-refractivity contribution in [2.75, 3.05) is 5.32 Å². The van der Waals surface area contributed by atoms with Crippen molar-refractivity contribution in [1.82, 2.24) is 4.98 Å². The average Bonchev–Trinajstić information content (AvgIpc) is 2.82. The summed E-state index contributed by atoms with van der Waals surface area (Å²) in [4.78, 5) is 15.9. The first-order chi connectivity index (χ1) is 10.1. The number of carbonyl (C=O) groups is 1. The highest BCUT2D eigenvalue weighted by molar-refractivity contribution is 7.22. The summed E-state index contributed by atoms with van der Waals surface area (Å²) in [5.41, 5.74) is 0.935. The van der Waals surface area contributed by atoms with Crippen LogP contribution in [-0.4, -0.2) is 10.9 Å². The quantitative estimate of drug-likeness (QED) is 0.800. The van der Waals surface area contributed by atoms with Gasteiger partial charge in [-0.2, -0.15) is 0 Å². The third kappa shape index (κ3) is 3.05. The number of amides is 1. The van der Waals surface area contributed by atoms with Crippen LogP contribution in [0, 0.1) is 11.6 Å². The smallest absolute Gasteiger partial charge is 0.230 e. The average molecular weight is 304 g/mol. The highest BCUT2D eigenvalue weighted by atomic mass is 32.1. The Bertz CT molecular complexity index is 802. The molecule has 2 aromatic carbocycles. The third-order valence-corrected chi connectivity index (χ3v) is 3.78. The van der Waals surface area contributed by atoms with Crippen molar-refractivity contribution in [2.45, 2.75) is 6.42 Å². The molecule has 0 radical (unpaired) electrons. The molecule has 3 rings (SSSR count). The van der Waals surface area contributed by atoms with Crippen molar-refractivity contribution in [3.05, 3.63) is 59.7 Å². The van der Waals surface area contributed by atoms with Gasteiger partial charge in [0, 0.05) is 6.07 Å².